The van der Waals surface area contributed by atoms with Crippen molar-refractivity contribution in [3.05, 3.63) is 23.5 Å². The molecule has 1 aliphatic carbocycles. The second-order valence-corrected chi connectivity index (χ2v) is 14.2. The minimum absolute atomic E-state index is 0.0172. The monoisotopic (exact) mass is 597 g/mol. The fourth-order valence-corrected chi connectivity index (χ4v) is 6.86. The number of piperazine rings is 1. The van der Waals surface area contributed by atoms with E-state index in [2.05, 4.69) is 19.9 Å². The van der Waals surface area contributed by atoms with Gasteiger partial charge in [0.25, 0.3) is 6.43 Å². The number of alkyl halides is 2. The molecule has 1 amide bonds. The number of ether oxygens (including phenoxy) is 1. The quantitative estimate of drug-likeness (QED) is 0.424. The zero-order chi connectivity index (χ0) is 29.0. The second kappa shape index (κ2) is 10.2. The lowest BCUT2D eigenvalue weighted by Gasteiger charge is -2.42. The Morgan fingerprint density at radius 3 is 2.60 bits per heavy atom. The van der Waals surface area contributed by atoms with Gasteiger partial charge >= 0.3 is 6.09 Å². The van der Waals surface area contributed by atoms with E-state index in [9.17, 15) is 22.0 Å². The van der Waals surface area contributed by atoms with Gasteiger partial charge in [-0.15, -0.1) is 10.2 Å². The standard InChI is InChI=1S/C25H33F2N7O4S2/c1-6-15-13-32(9-10-33(15)23(35)38-24(2,3)4)17-11-16(40(36,37)31-25(5)7-8-25)14-34-18(17)12-28-20(34)22-30-29-21(39-22)19(26)27/h11-12,14-15,19,31H,6-10,13H2,1-5H3/t15-/m1/s1. The van der Waals surface area contributed by atoms with E-state index in [1.807, 2.05) is 39.5 Å². The third kappa shape index (κ3) is 5.77. The number of sulfonamides is 1. The molecule has 3 aromatic heterocycles. The number of carbonyl (C=O) groups excluding carboxylic acids is 1. The van der Waals surface area contributed by atoms with E-state index in [4.69, 9.17) is 4.74 Å². The molecule has 1 saturated carbocycles. The number of carbonyl (C=O) groups is 1. The average Bonchev–Trinajstić information content (AvgIpc) is 3.24. The van der Waals surface area contributed by atoms with Crippen LogP contribution in [0, 0.1) is 0 Å². The molecular formula is C25H33F2N7O4S2. The Labute approximate surface area is 235 Å². The third-order valence-electron chi connectivity index (χ3n) is 7.03. The predicted octanol–water partition coefficient (Wildman–Crippen LogP) is 4.46. The number of nitrogens with one attached hydrogen (secondary N) is 1. The molecule has 4 heterocycles. The van der Waals surface area contributed by atoms with Gasteiger partial charge in [0.2, 0.25) is 10.0 Å². The fourth-order valence-electron chi connectivity index (χ4n) is 4.68. The first-order chi connectivity index (χ1) is 18.7. The number of pyridine rings is 1. The van der Waals surface area contributed by atoms with Crippen LogP contribution in [0.5, 0.6) is 0 Å². The van der Waals surface area contributed by atoms with E-state index in [1.54, 1.807) is 21.6 Å². The number of fused-ring (bicyclic) bond motifs is 1. The lowest BCUT2D eigenvalue weighted by atomic mass is 10.1. The predicted molar refractivity (Wildman–Crippen MR) is 146 cm³/mol. The van der Waals surface area contributed by atoms with Crippen LogP contribution in [-0.4, -0.2) is 75.8 Å². The number of nitrogens with zero attached hydrogens (tertiary/aromatic N) is 6. The highest BCUT2D eigenvalue weighted by molar-refractivity contribution is 7.89. The van der Waals surface area contributed by atoms with Gasteiger partial charge in [0.05, 0.1) is 23.4 Å². The SMILES string of the molecule is CC[C@@H]1CN(c2cc(S(=O)(=O)NC3(C)CC3)cn3c(-c4nnc(C(F)F)s4)ncc23)CCN1C(=O)OC(C)(C)C. The summed E-state index contributed by atoms with van der Waals surface area (Å²) < 4.78 is 63.3. The lowest BCUT2D eigenvalue weighted by molar-refractivity contribution is 0.0137. The van der Waals surface area contributed by atoms with Gasteiger partial charge in [-0.3, -0.25) is 4.40 Å². The second-order valence-electron chi connectivity index (χ2n) is 11.5. The number of anilines is 1. The van der Waals surface area contributed by atoms with Crippen LogP contribution >= 0.6 is 11.3 Å². The maximum atomic E-state index is 13.5. The van der Waals surface area contributed by atoms with Gasteiger partial charge in [0.15, 0.2) is 15.8 Å². The summed E-state index contributed by atoms with van der Waals surface area (Å²) >= 11 is 0.708. The molecule has 0 unspecified atom stereocenters. The summed E-state index contributed by atoms with van der Waals surface area (Å²) in [6.07, 6.45) is 1.98. The van der Waals surface area contributed by atoms with Crippen LogP contribution in [0.1, 0.15) is 65.3 Å². The smallest absolute Gasteiger partial charge is 0.410 e. The number of imidazole rings is 1. The molecule has 1 aliphatic heterocycles. The number of hydrogen-bond donors (Lipinski definition) is 1. The topological polar surface area (TPSA) is 122 Å². The van der Waals surface area contributed by atoms with Crippen molar-refractivity contribution >= 4 is 38.7 Å². The molecule has 0 radical (unpaired) electrons. The average molecular weight is 598 g/mol. The zero-order valence-electron chi connectivity index (χ0n) is 23.0. The van der Waals surface area contributed by atoms with Crippen molar-refractivity contribution in [1.29, 1.82) is 0 Å². The summed E-state index contributed by atoms with van der Waals surface area (Å²) in [6, 6.07) is 1.43. The minimum atomic E-state index is -3.92. The van der Waals surface area contributed by atoms with Gasteiger partial charge in [0.1, 0.15) is 10.5 Å². The maximum absolute atomic E-state index is 13.5. The summed E-state index contributed by atoms with van der Waals surface area (Å²) in [5.41, 5.74) is 0.0585. The van der Waals surface area contributed by atoms with Crippen molar-refractivity contribution in [2.24, 2.45) is 0 Å². The lowest BCUT2D eigenvalue weighted by Crippen LogP contribution is -2.56. The normalized spacial score (nSPS) is 19.4. The number of rotatable bonds is 7. The summed E-state index contributed by atoms with van der Waals surface area (Å²) in [4.78, 5) is 21.1. The number of amides is 1. The van der Waals surface area contributed by atoms with Crippen LogP contribution in [0.25, 0.3) is 16.3 Å². The van der Waals surface area contributed by atoms with Crippen LogP contribution in [0.3, 0.4) is 0 Å². The van der Waals surface area contributed by atoms with E-state index in [0.717, 1.165) is 12.8 Å². The van der Waals surface area contributed by atoms with Crippen molar-refractivity contribution in [3.8, 4) is 10.8 Å². The van der Waals surface area contributed by atoms with Gasteiger partial charge < -0.3 is 14.5 Å². The highest BCUT2D eigenvalue weighted by Crippen LogP contribution is 2.38. The Morgan fingerprint density at radius 2 is 2.00 bits per heavy atom. The molecule has 1 saturated heterocycles. The Hall–Kier alpha value is -2.91. The van der Waals surface area contributed by atoms with Crippen molar-refractivity contribution in [3.63, 3.8) is 0 Å². The molecule has 0 spiro atoms. The van der Waals surface area contributed by atoms with Gasteiger partial charge in [-0.25, -0.2) is 31.7 Å². The number of halogens is 2. The fraction of sp³-hybridized carbons (Fsp3) is 0.600. The van der Waals surface area contributed by atoms with Crippen LogP contribution < -0.4 is 9.62 Å². The van der Waals surface area contributed by atoms with Gasteiger partial charge in [0, 0.05) is 31.4 Å². The van der Waals surface area contributed by atoms with Crippen LogP contribution in [-0.2, 0) is 14.8 Å². The molecule has 0 bridgehead atoms. The van der Waals surface area contributed by atoms with Gasteiger partial charge in [-0.05, 0) is 53.0 Å². The van der Waals surface area contributed by atoms with E-state index >= 15 is 0 Å². The van der Waals surface area contributed by atoms with E-state index in [0.29, 0.717) is 48.6 Å². The highest BCUT2D eigenvalue weighted by Gasteiger charge is 2.42. The van der Waals surface area contributed by atoms with Gasteiger partial charge in [-0.2, -0.15) is 0 Å². The molecule has 1 atom stereocenters. The minimum Gasteiger partial charge on any atom is -0.444 e. The van der Waals surface area contributed by atoms with Crippen molar-refractivity contribution < 1.29 is 26.7 Å². The molecular weight excluding hydrogens is 564 g/mol. The molecule has 40 heavy (non-hydrogen) atoms. The van der Waals surface area contributed by atoms with E-state index in [1.165, 1.54) is 6.20 Å². The number of aromatic nitrogens is 4. The largest absolute Gasteiger partial charge is 0.444 e. The summed E-state index contributed by atoms with van der Waals surface area (Å²) in [6.45, 7) is 10.5. The molecule has 218 valence electrons. The van der Waals surface area contributed by atoms with Crippen molar-refractivity contribution in [2.75, 3.05) is 24.5 Å². The summed E-state index contributed by atoms with van der Waals surface area (Å²) in [5.74, 6) is 0.217. The molecule has 2 aliphatic rings. The van der Waals surface area contributed by atoms with Gasteiger partial charge in [-0.1, -0.05) is 18.3 Å². The molecule has 1 N–H and O–H groups in total. The highest BCUT2D eigenvalue weighted by atomic mass is 32.2. The van der Waals surface area contributed by atoms with E-state index in [-0.39, 0.29) is 27.9 Å². The number of hydrogen-bond acceptors (Lipinski definition) is 9. The molecule has 3 aromatic rings. The van der Waals surface area contributed by atoms with Crippen molar-refractivity contribution in [1.82, 2.24) is 29.2 Å². The molecule has 0 aromatic carbocycles. The zero-order valence-corrected chi connectivity index (χ0v) is 24.7. The third-order valence-corrected chi connectivity index (χ3v) is 9.56. The Balaban J connectivity index is 1.56. The Bertz CT molecular complexity index is 1530. The van der Waals surface area contributed by atoms with Crippen molar-refractivity contribution in [2.45, 2.75) is 82.4 Å². The maximum Gasteiger partial charge on any atom is 0.410 e. The summed E-state index contributed by atoms with van der Waals surface area (Å²) in [5, 5.41) is 7.16. The molecule has 5 rings (SSSR count). The molecule has 15 heteroatoms. The first-order valence-corrected chi connectivity index (χ1v) is 15.4. The van der Waals surface area contributed by atoms with E-state index < -0.39 is 32.6 Å². The van der Waals surface area contributed by atoms with Crippen LogP contribution in [0.2, 0.25) is 0 Å². The molecule has 2 fully saturated rings. The van der Waals surface area contributed by atoms with Crippen LogP contribution in [0.4, 0.5) is 19.3 Å². The first kappa shape index (κ1) is 28.6. The first-order valence-electron chi connectivity index (χ1n) is 13.1. The molecule has 11 nitrogen and oxygen atoms in total. The summed E-state index contributed by atoms with van der Waals surface area (Å²) in [7, 11) is -3.92. The Morgan fingerprint density at radius 1 is 1.27 bits per heavy atom. The van der Waals surface area contributed by atoms with Crippen LogP contribution in [0.15, 0.2) is 23.4 Å². The Kier molecular flexibility index (Phi) is 7.28.